The van der Waals surface area contributed by atoms with E-state index in [1.807, 2.05) is 0 Å². The summed E-state index contributed by atoms with van der Waals surface area (Å²) in [6.07, 6.45) is 1.61. The Kier molecular flexibility index (Phi) is 9.02. The Hall–Kier alpha value is 0.0569. The van der Waals surface area contributed by atoms with Gasteiger partial charge in [-0.25, -0.2) is 0 Å². The van der Waals surface area contributed by atoms with E-state index in [9.17, 15) is 0 Å². The van der Waals surface area contributed by atoms with Gasteiger partial charge in [0.2, 0.25) is 0 Å². The van der Waals surface area contributed by atoms with Gasteiger partial charge in [-0.2, -0.15) is 0 Å². The molecular formula is C11H24O4Si. The molecule has 5 heteroatoms. The van der Waals surface area contributed by atoms with E-state index in [0.29, 0.717) is 12.7 Å². The molecule has 16 heavy (non-hydrogen) atoms. The monoisotopic (exact) mass is 248 g/mol. The molecule has 1 rings (SSSR count). The van der Waals surface area contributed by atoms with Crippen LogP contribution >= 0.6 is 0 Å². The third kappa shape index (κ3) is 9.29. The van der Waals surface area contributed by atoms with Crippen LogP contribution in [0.15, 0.2) is 0 Å². The average molecular weight is 248 g/mol. The normalized spacial score (nSPS) is 19.7. The molecule has 0 aromatic heterocycles. The largest absolute Gasteiger partial charge is 0.382 e. The van der Waals surface area contributed by atoms with Crippen molar-refractivity contribution in [1.82, 2.24) is 0 Å². The molecule has 0 aromatic rings. The summed E-state index contributed by atoms with van der Waals surface area (Å²) in [5.74, 6) is 0. The summed E-state index contributed by atoms with van der Waals surface area (Å²) in [5.41, 5.74) is 0. The van der Waals surface area contributed by atoms with Crippen LogP contribution < -0.4 is 0 Å². The highest BCUT2D eigenvalue weighted by Gasteiger charge is 2.21. The van der Waals surface area contributed by atoms with E-state index < -0.39 is 0 Å². The molecule has 1 fully saturated rings. The Labute approximate surface area is 100 Å². The number of methoxy groups -OCH3 is 1. The third-order valence-electron chi connectivity index (χ3n) is 2.47. The maximum atomic E-state index is 5.47. The van der Waals surface area contributed by atoms with Crippen molar-refractivity contribution in [3.63, 3.8) is 0 Å². The van der Waals surface area contributed by atoms with Crippen LogP contribution in [-0.4, -0.2) is 62.4 Å². The first-order valence-electron chi connectivity index (χ1n) is 6.19. The zero-order valence-electron chi connectivity index (χ0n) is 10.3. The smallest absolute Gasteiger partial charge is 0.104 e. The first-order chi connectivity index (χ1) is 7.93. The molecule has 96 valence electrons. The highest BCUT2D eigenvalue weighted by Crippen LogP contribution is 2.08. The van der Waals surface area contributed by atoms with E-state index >= 15 is 0 Å². The van der Waals surface area contributed by atoms with E-state index in [1.54, 1.807) is 7.11 Å². The Balaban J connectivity index is 1.61. The van der Waals surface area contributed by atoms with E-state index in [1.165, 1.54) is 18.5 Å². The highest BCUT2D eigenvalue weighted by molar-refractivity contribution is 6.35. The SMILES string of the molecule is COCCOCC[SiH2]CCCOCC1CO1. The number of epoxide rings is 1. The molecule has 1 aliphatic heterocycles. The summed E-state index contributed by atoms with van der Waals surface area (Å²) in [5, 5.41) is 0. The van der Waals surface area contributed by atoms with E-state index in [4.69, 9.17) is 18.9 Å². The molecule has 1 aliphatic rings. The standard InChI is InChI=1S/C11H24O4Si/c1-12-4-5-13-6-8-16-7-2-3-14-9-11-10-15-11/h11H,2-10,16H2,1H3. The lowest BCUT2D eigenvalue weighted by atomic mass is 10.5. The van der Waals surface area contributed by atoms with E-state index in [0.717, 1.165) is 33.0 Å². The molecule has 0 radical (unpaired) electrons. The molecule has 0 aromatic carbocycles. The van der Waals surface area contributed by atoms with Gasteiger partial charge in [0.05, 0.1) is 26.4 Å². The lowest BCUT2D eigenvalue weighted by Crippen LogP contribution is -2.06. The number of rotatable bonds is 12. The minimum atomic E-state index is 0.0683. The van der Waals surface area contributed by atoms with Crippen molar-refractivity contribution in [2.45, 2.75) is 24.6 Å². The minimum absolute atomic E-state index is 0.0683. The van der Waals surface area contributed by atoms with Gasteiger partial charge in [-0.05, 0) is 12.5 Å². The van der Waals surface area contributed by atoms with Crippen molar-refractivity contribution in [3.8, 4) is 0 Å². The molecule has 1 unspecified atom stereocenters. The van der Waals surface area contributed by atoms with Gasteiger partial charge < -0.3 is 18.9 Å². The lowest BCUT2D eigenvalue weighted by molar-refractivity contribution is 0.0776. The fraction of sp³-hybridized carbons (Fsp3) is 1.00. The lowest BCUT2D eigenvalue weighted by Gasteiger charge is -2.03. The summed E-state index contributed by atoms with van der Waals surface area (Å²) in [6, 6.07) is 2.63. The second kappa shape index (κ2) is 10.2. The first kappa shape index (κ1) is 14.1. The van der Waals surface area contributed by atoms with Crippen LogP contribution in [0, 0.1) is 0 Å². The molecule has 0 saturated carbocycles. The van der Waals surface area contributed by atoms with Crippen molar-refractivity contribution in [2.24, 2.45) is 0 Å². The molecule has 1 atom stereocenters. The van der Waals surface area contributed by atoms with E-state index in [-0.39, 0.29) is 9.52 Å². The molecule has 1 heterocycles. The Bertz CT molecular complexity index is 153. The van der Waals surface area contributed by atoms with Crippen LogP contribution in [0.1, 0.15) is 6.42 Å². The second-order valence-electron chi connectivity index (χ2n) is 4.05. The third-order valence-corrected chi connectivity index (χ3v) is 4.25. The van der Waals surface area contributed by atoms with Gasteiger partial charge in [0.1, 0.15) is 6.10 Å². The fourth-order valence-electron chi connectivity index (χ4n) is 1.39. The molecule has 0 amide bonds. The van der Waals surface area contributed by atoms with Crippen LogP contribution in [0.5, 0.6) is 0 Å². The maximum Gasteiger partial charge on any atom is 0.104 e. The van der Waals surface area contributed by atoms with Crippen molar-refractivity contribution >= 4 is 9.52 Å². The Morgan fingerprint density at radius 2 is 2.00 bits per heavy atom. The van der Waals surface area contributed by atoms with Crippen LogP contribution in [0.2, 0.25) is 12.1 Å². The van der Waals surface area contributed by atoms with Crippen LogP contribution in [0.3, 0.4) is 0 Å². The number of hydrogen-bond acceptors (Lipinski definition) is 4. The Morgan fingerprint density at radius 1 is 1.12 bits per heavy atom. The predicted octanol–water partition coefficient (Wildman–Crippen LogP) is 0.460. The fourth-order valence-corrected chi connectivity index (χ4v) is 2.70. The summed E-state index contributed by atoms with van der Waals surface area (Å²) in [7, 11) is 1.77. The molecular weight excluding hydrogens is 224 g/mol. The predicted molar refractivity (Wildman–Crippen MR) is 66.0 cm³/mol. The highest BCUT2D eigenvalue weighted by atomic mass is 28.2. The molecule has 0 spiro atoms. The van der Waals surface area contributed by atoms with Gasteiger partial charge in [0.15, 0.2) is 0 Å². The zero-order valence-corrected chi connectivity index (χ0v) is 11.7. The summed E-state index contributed by atoms with van der Waals surface area (Å²) in [6.45, 7) is 4.94. The topological polar surface area (TPSA) is 40.2 Å². The summed E-state index contributed by atoms with van der Waals surface area (Å²) >= 11 is 0. The van der Waals surface area contributed by atoms with Gasteiger partial charge in [-0.1, -0.05) is 6.04 Å². The summed E-state index contributed by atoms with van der Waals surface area (Å²) < 4.78 is 20.8. The number of hydrogen-bond donors (Lipinski definition) is 0. The second-order valence-corrected chi connectivity index (χ2v) is 6.17. The minimum Gasteiger partial charge on any atom is -0.382 e. The van der Waals surface area contributed by atoms with Crippen molar-refractivity contribution in [1.29, 1.82) is 0 Å². The van der Waals surface area contributed by atoms with Gasteiger partial charge >= 0.3 is 0 Å². The first-order valence-corrected chi connectivity index (χ1v) is 8.19. The Morgan fingerprint density at radius 3 is 2.75 bits per heavy atom. The molecule has 1 saturated heterocycles. The van der Waals surface area contributed by atoms with Crippen molar-refractivity contribution in [2.75, 3.05) is 46.8 Å². The van der Waals surface area contributed by atoms with Crippen molar-refractivity contribution in [3.05, 3.63) is 0 Å². The molecule has 0 aliphatic carbocycles. The van der Waals surface area contributed by atoms with Gasteiger partial charge in [0.25, 0.3) is 0 Å². The van der Waals surface area contributed by atoms with Crippen LogP contribution in [0.25, 0.3) is 0 Å². The van der Waals surface area contributed by atoms with Crippen LogP contribution in [-0.2, 0) is 18.9 Å². The molecule has 4 nitrogen and oxygen atoms in total. The summed E-state index contributed by atoms with van der Waals surface area (Å²) in [4.78, 5) is 0. The maximum absolute atomic E-state index is 5.47. The molecule has 0 N–H and O–H groups in total. The average Bonchev–Trinajstić information content (AvgIpc) is 3.10. The van der Waals surface area contributed by atoms with Gasteiger partial charge in [0, 0.05) is 29.8 Å². The number of ether oxygens (including phenoxy) is 4. The van der Waals surface area contributed by atoms with Crippen molar-refractivity contribution < 1.29 is 18.9 Å². The van der Waals surface area contributed by atoms with Gasteiger partial charge in [-0.15, -0.1) is 0 Å². The van der Waals surface area contributed by atoms with Gasteiger partial charge in [-0.3, -0.25) is 0 Å². The quantitative estimate of drug-likeness (QED) is 0.286. The zero-order chi connectivity index (χ0) is 11.5. The molecule has 0 bridgehead atoms. The van der Waals surface area contributed by atoms with Crippen LogP contribution in [0.4, 0.5) is 0 Å². The van der Waals surface area contributed by atoms with E-state index in [2.05, 4.69) is 0 Å².